The van der Waals surface area contributed by atoms with Gasteiger partial charge >= 0.3 is 5.97 Å². The van der Waals surface area contributed by atoms with Gasteiger partial charge in [0, 0.05) is 20.0 Å². The minimum absolute atomic E-state index is 0.0805. The van der Waals surface area contributed by atoms with E-state index in [1.54, 1.807) is 11.9 Å². The van der Waals surface area contributed by atoms with Crippen molar-refractivity contribution in [2.45, 2.75) is 25.3 Å². The number of aliphatic carboxylic acids is 1. The zero-order chi connectivity index (χ0) is 11.4. The van der Waals surface area contributed by atoms with Gasteiger partial charge in [-0.2, -0.15) is 0 Å². The molecule has 0 aromatic heterocycles. The maximum Gasteiger partial charge on any atom is 0.303 e. The van der Waals surface area contributed by atoms with Crippen LogP contribution in [0, 0.1) is 0 Å². The largest absolute Gasteiger partial charge is 0.481 e. The molecule has 1 aliphatic heterocycles. The summed E-state index contributed by atoms with van der Waals surface area (Å²) in [5.41, 5.74) is 0. The average Bonchev–Trinajstić information content (AvgIpc) is 2.47. The third-order valence-electron chi connectivity index (χ3n) is 2.33. The number of likely N-dealkylation sites (tertiary alicyclic amines) is 1. The van der Waals surface area contributed by atoms with Crippen molar-refractivity contribution >= 4 is 17.8 Å². The van der Waals surface area contributed by atoms with E-state index in [-0.39, 0.29) is 24.7 Å². The third kappa shape index (κ3) is 3.23. The summed E-state index contributed by atoms with van der Waals surface area (Å²) in [6, 6.07) is -0.476. The van der Waals surface area contributed by atoms with Crippen LogP contribution in [0.15, 0.2) is 0 Å². The predicted octanol–water partition coefficient (Wildman–Crippen LogP) is -0.802. The van der Waals surface area contributed by atoms with Gasteiger partial charge in [0.1, 0.15) is 6.04 Å². The molecule has 0 saturated carbocycles. The molecule has 0 bridgehead atoms. The van der Waals surface area contributed by atoms with Crippen molar-refractivity contribution in [3.05, 3.63) is 0 Å². The van der Waals surface area contributed by atoms with E-state index in [1.807, 2.05) is 0 Å². The lowest BCUT2D eigenvalue weighted by Gasteiger charge is -2.11. The zero-order valence-electron chi connectivity index (χ0n) is 8.52. The number of nitrogens with one attached hydrogen (secondary N) is 1. The van der Waals surface area contributed by atoms with Crippen LogP contribution in [0.25, 0.3) is 0 Å². The summed E-state index contributed by atoms with van der Waals surface area (Å²) in [5, 5.41) is 10.9. The number of carboxylic acid groups (broad SMARTS) is 1. The van der Waals surface area contributed by atoms with E-state index < -0.39 is 12.0 Å². The van der Waals surface area contributed by atoms with E-state index >= 15 is 0 Å². The first-order chi connectivity index (χ1) is 7.00. The Labute approximate surface area is 87.2 Å². The molecular formula is C9H14N2O4. The number of amides is 2. The molecule has 2 N–H and O–H groups in total. The molecule has 1 fully saturated rings. The standard InChI is InChI=1S/C9H14N2O4/c1-11-5-4-6(9(11)15)10-7(12)2-3-8(13)14/h6H,2-5H2,1H3,(H,10,12)(H,13,14). The Morgan fingerprint density at radius 2 is 2.20 bits per heavy atom. The van der Waals surface area contributed by atoms with Gasteiger partial charge in [-0.1, -0.05) is 0 Å². The van der Waals surface area contributed by atoms with E-state index in [1.165, 1.54) is 0 Å². The molecule has 0 aliphatic carbocycles. The summed E-state index contributed by atoms with van der Waals surface area (Å²) in [5.74, 6) is -1.51. The highest BCUT2D eigenvalue weighted by Gasteiger charge is 2.29. The first kappa shape index (κ1) is 11.5. The molecule has 6 heteroatoms. The summed E-state index contributed by atoms with van der Waals surface area (Å²) in [6.07, 6.45) is 0.305. The number of nitrogens with zero attached hydrogens (tertiary/aromatic N) is 1. The fourth-order valence-corrected chi connectivity index (χ4v) is 1.44. The van der Waals surface area contributed by atoms with Gasteiger partial charge in [-0.15, -0.1) is 0 Å². The summed E-state index contributed by atoms with van der Waals surface area (Å²) >= 11 is 0. The molecule has 1 atom stereocenters. The Morgan fingerprint density at radius 3 is 2.67 bits per heavy atom. The molecule has 0 aromatic rings. The Hall–Kier alpha value is -1.59. The van der Waals surface area contributed by atoms with Crippen molar-refractivity contribution in [2.24, 2.45) is 0 Å². The lowest BCUT2D eigenvalue weighted by atomic mass is 10.2. The molecule has 1 heterocycles. The molecule has 0 spiro atoms. The number of carboxylic acids is 1. The number of likely N-dealkylation sites (N-methyl/N-ethyl adjacent to an activating group) is 1. The van der Waals surface area contributed by atoms with E-state index in [0.717, 1.165) is 0 Å². The van der Waals surface area contributed by atoms with Crippen LogP contribution >= 0.6 is 0 Å². The van der Waals surface area contributed by atoms with E-state index in [2.05, 4.69) is 5.32 Å². The first-order valence-corrected chi connectivity index (χ1v) is 4.77. The summed E-state index contributed by atoms with van der Waals surface area (Å²) in [6.45, 7) is 0.628. The highest BCUT2D eigenvalue weighted by Crippen LogP contribution is 2.08. The quantitative estimate of drug-likeness (QED) is 0.641. The Bertz CT molecular complexity index is 290. The number of carbonyl (C=O) groups is 3. The van der Waals surface area contributed by atoms with Crippen molar-refractivity contribution in [3.63, 3.8) is 0 Å². The second kappa shape index (κ2) is 4.77. The van der Waals surface area contributed by atoms with Crippen LogP contribution in [0.3, 0.4) is 0 Å². The van der Waals surface area contributed by atoms with Crippen LogP contribution in [0.2, 0.25) is 0 Å². The van der Waals surface area contributed by atoms with Gasteiger partial charge in [0.15, 0.2) is 0 Å². The van der Waals surface area contributed by atoms with Gasteiger partial charge in [-0.3, -0.25) is 14.4 Å². The molecule has 84 valence electrons. The minimum atomic E-state index is -1.01. The number of hydrogen-bond donors (Lipinski definition) is 2. The fraction of sp³-hybridized carbons (Fsp3) is 0.667. The SMILES string of the molecule is CN1CCC(NC(=O)CCC(=O)O)C1=O. The van der Waals surface area contributed by atoms with Gasteiger partial charge in [-0.25, -0.2) is 0 Å². The topological polar surface area (TPSA) is 86.7 Å². The van der Waals surface area contributed by atoms with Gasteiger partial charge < -0.3 is 15.3 Å². The lowest BCUT2D eigenvalue weighted by molar-refractivity contribution is -0.139. The van der Waals surface area contributed by atoms with Crippen molar-refractivity contribution in [1.82, 2.24) is 10.2 Å². The molecule has 1 aliphatic rings. The monoisotopic (exact) mass is 214 g/mol. The Balaban J connectivity index is 2.32. The van der Waals surface area contributed by atoms with Crippen LogP contribution in [-0.2, 0) is 14.4 Å². The second-order valence-corrected chi connectivity index (χ2v) is 3.56. The smallest absolute Gasteiger partial charge is 0.303 e. The van der Waals surface area contributed by atoms with Gasteiger partial charge in [0.25, 0.3) is 0 Å². The van der Waals surface area contributed by atoms with Crippen LogP contribution in [0.5, 0.6) is 0 Å². The zero-order valence-corrected chi connectivity index (χ0v) is 8.52. The van der Waals surface area contributed by atoms with Gasteiger partial charge in [0.2, 0.25) is 11.8 Å². The molecule has 1 saturated heterocycles. The maximum absolute atomic E-state index is 11.4. The number of carbonyl (C=O) groups excluding carboxylic acids is 2. The van der Waals surface area contributed by atoms with Crippen molar-refractivity contribution in [3.8, 4) is 0 Å². The highest BCUT2D eigenvalue weighted by atomic mass is 16.4. The molecule has 1 rings (SSSR count). The number of rotatable bonds is 4. The fourth-order valence-electron chi connectivity index (χ4n) is 1.44. The van der Waals surface area contributed by atoms with E-state index in [0.29, 0.717) is 13.0 Å². The van der Waals surface area contributed by atoms with Gasteiger partial charge in [0.05, 0.1) is 6.42 Å². The first-order valence-electron chi connectivity index (χ1n) is 4.77. The third-order valence-corrected chi connectivity index (χ3v) is 2.33. The maximum atomic E-state index is 11.4. The van der Waals surface area contributed by atoms with Crippen molar-refractivity contribution in [2.75, 3.05) is 13.6 Å². The summed E-state index contributed by atoms with van der Waals surface area (Å²) < 4.78 is 0. The minimum Gasteiger partial charge on any atom is -0.481 e. The molecular weight excluding hydrogens is 200 g/mol. The molecule has 0 radical (unpaired) electrons. The lowest BCUT2D eigenvalue weighted by Crippen LogP contribution is -2.40. The summed E-state index contributed by atoms with van der Waals surface area (Å²) in [7, 11) is 1.67. The Morgan fingerprint density at radius 1 is 1.53 bits per heavy atom. The predicted molar refractivity (Wildman–Crippen MR) is 51.1 cm³/mol. The van der Waals surface area contributed by atoms with Crippen molar-refractivity contribution < 1.29 is 19.5 Å². The van der Waals surface area contributed by atoms with Crippen molar-refractivity contribution in [1.29, 1.82) is 0 Å². The highest BCUT2D eigenvalue weighted by molar-refractivity contribution is 5.89. The molecule has 2 amide bonds. The van der Waals surface area contributed by atoms with Crippen LogP contribution in [0.4, 0.5) is 0 Å². The molecule has 0 aromatic carbocycles. The Kier molecular flexibility index (Phi) is 3.65. The van der Waals surface area contributed by atoms with Crippen LogP contribution in [0.1, 0.15) is 19.3 Å². The normalized spacial score (nSPS) is 20.5. The van der Waals surface area contributed by atoms with Crippen LogP contribution in [-0.4, -0.2) is 47.4 Å². The van der Waals surface area contributed by atoms with Gasteiger partial charge in [-0.05, 0) is 6.42 Å². The molecule has 6 nitrogen and oxygen atoms in total. The van der Waals surface area contributed by atoms with E-state index in [9.17, 15) is 14.4 Å². The summed E-state index contributed by atoms with van der Waals surface area (Å²) in [4.78, 5) is 34.3. The average molecular weight is 214 g/mol. The molecule has 15 heavy (non-hydrogen) atoms. The number of hydrogen-bond acceptors (Lipinski definition) is 3. The van der Waals surface area contributed by atoms with Crippen LogP contribution < -0.4 is 5.32 Å². The van der Waals surface area contributed by atoms with E-state index in [4.69, 9.17) is 5.11 Å². The second-order valence-electron chi connectivity index (χ2n) is 3.56. The molecule has 1 unspecified atom stereocenters.